The molecule has 1 heterocycles. The molecule has 1 aromatic carbocycles. The Morgan fingerprint density at radius 1 is 1.33 bits per heavy atom. The third-order valence-electron chi connectivity index (χ3n) is 4.45. The maximum atomic E-state index is 12.1. The van der Waals surface area contributed by atoms with E-state index in [0.29, 0.717) is 25.5 Å². The molecule has 27 heavy (non-hydrogen) atoms. The Balaban J connectivity index is 0.00000364. The van der Waals surface area contributed by atoms with Crippen molar-refractivity contribution in [3.05, 3.63) is 35.9 Å². The number of guanidine groups is 1. The zero-order valence-corrected chi connectivity index (χ0v) is 18.8. The van der Waals surface area contributed by atoms with Gasteiger partial charge in [0.05, 0.1) is 12.6 Å². The number of halogens is 1. The summed E-state index contributed by atoms with van der Waals surface area (Å²) in [5.74, 6) is 0.932. The van der Waals surface area contributed by atoms with Gasteiger partial charge in [0.1, 0.15) is 0 Å². The Morgan fingerprint density at radius 2 is 2.04 bits per heavy atom. The average molecular weight is 488 g/mol. The van der Waals surface area contributed by atoms with E-state index in [1.54, 1.807) is 0 Å². The van der Waals surface area contributed by atoms with Crippen LogP contribution in [0.4, 0.5) is 0 Å². The number of hydrogen-bond acceptors (Lipinski definition) is 3. The Kier molecular flexibility index (Phi) is 10.7. The molecule has 0 bridgehead atoms. The minimum atomic E-state index is -0.518. The fourth-order valence-corrected chi connectivity index (χ4v) is 3.10. The highest BCUT2D eigenvalue weighted by molar-refractivity contribution is 14.0. The first-order valence-corrected chi connectivity index (χ1v) is 9.55. The van der Waals surface area contributed by atoms with E-state index in [9.17, 15) is 9.90 Å². The van der Waals surface area contributed by atoms with Crippen molar-refractivity contribution in [1.82, 2.24) is 15.5 Å². The number of rotatable bonds is 7. The predicted octanol–water partition coefficient (Wildman–Crippen LogP) is 2.02. The predicted molar refractivity (Wildman–Crippen MR) is 121 cm³/mol. The molecule has 2 unspecified atom stereocenters. The van der Waals surface area contributed by atoms with Crippen molar-refractivity contribution in [1.29, 1.82) is 0 Å². The highest BCUT2D eigenvalue weighted by Gasteiger charge is 2.27. The molecule has 6 nitrogen and oxygen atoms in total. The van der Waals surface area contributed by atoms with Crippen LogP contribution in [0.3, 0.4) is 0 Å². The van der Waals surface area contributed by atoms with Crippen LogP contribution in [0.1, 0.15) is 32.8 Å². The molecule has 0 radical (unpaired) electrons. The van der Waals surface area contributed by atoms with Crippen LogP contribution in [0, 0.1) is 5.92 Å². The molecule has 0 aliphatic carbocycles. The monoisotopic (exact) mass is 488 g/mol. The van der Waals surface area contributed by atoms with Crippen LogP contribution in [0.5, 0.6) is 0 Å². The van der Waals surface area contributed by atoms with E-state index in [1.807, 2.05) is 56.0 Å². The summed E-state index contributed by atoms with van der Waals surface area (Å²) in [5, 5.41) is 16.9. The number of nitrogens with zero attached hydrogens (tertiary/aromatic N) is 2. The Bertz CT molecular complexity index is 595. The molecule has 1 fully saturated rings. The summed E-state index contributed by atoms with van der Waals surface area (Å²) in [4.78, 5) is 18.5. The molecule has 0 saturated carbocycles. The average Bonchev–Trinajstić information content (AvgIpc) is 3.08. The van der Waals surface area contributed by atoms with Crippen LogP contribution in [0.25, 0.3) is 0 Å². The highest BCUT2D eigenvalue weighted by atomic mass is 127. The Hall–Kier alpha value is -1.35. The van der Waals surface area contributed by atoms with Gasteiger partial charge in [0.15, 0.2) is 5.96 Å². The summed E-state index contributed by atoms with van der Waals surface area (Å²) in [5.41, 5.74) is 1.10. The number of aliphatic hydroxyl groups excluding tert-OH is 1. The van der Waals surface area contributed by atoms with E-state index in [-0.39, 0.29) is 41.8 Å². The van der Waals surface area contributed by atoms with Gasteiger partial charge in [0.25, 0.3) is 0 Å². The van der Waals surface area contributed by atoms with Gasteiger partial charge in [-0.25, -0.2) is 0 Å². The molecule has 1 aromatic rings. The van der Waals surface area contributed by atoms with E-state index in [1.165, 1.54) is 0 Å². The van der Waals surface area contributed by atoms with E-state index in [2.05, 4.69) is 15.6 Å². The molecule has 1 saturated heterocycles. The molecule has 2 rings (SSSR count). The molecule has 1 aliphatic heterocycles. The first-order valence-electron chi connectivity index (χ1n) is 9.55. The second-order valence-corrected chi connectivity index (χ2v) is 7.13. The first-order chi connectivity index (χ1) is 12.5. The van der Waals surface area contributed by atoms with Gasteiger partial charge >= 0.3 is 0 Å². The minimum absolute atomic E-state index is 0. The summed E-state index contributed by atoms with van der Waals surface area (Å²) in [6.07, 6.45) is 0.981. The van der Waals surface area contributed by atoms with Gasteiger partial charge in [-0.2, -0.15) is 0 Å². The van der Waals surface area contributed by atoms with E-state index in [0.717, 1.165) is 25.1 Å². The number of amides is 1. The summed E-state index contributed by atoms with van der Waals surface area (Å²) in [6.45, 7) is 8.46. The number of aliphatic hydroxyl groups is 1. The summed E-state index contributed by atoms with van der Waals surface area (Å²) < 4.78 is 0. The molecule has 152 valence electrons. The van der Waals surface area contributed by atoms with Crippen molar-refractivity contribution in [2.24, 2.45) is 10.9 Å². The molecular weight excluding hydrogens is 455 g/mol. The molecule has 7 heteroatoms. The molecule has 1 aliphatic rings. The zero-order chi connectivity index (χ0) is 18.9. The van der Waals surface area contributed by atoms with Crippen LogP contribution in [0.15, 0.2) is 35.3 Å². The molecule has 3 N–H and O–H groups in total. The van der Waals surface area contributed by atoms with Crippen molar-refractivity contribution in [3.63, 3.8) is 0 Å². The number of hydrogen-bond donors (Lipinski definition) is 3. The number of benzene rings is 1. The fourth-order valence-electron chi connectivity index (χ4n) is 3.10. The zero-order valence-electron chi connectivity index (χ0n) is 16.5. The lowest BCUT2D eigenvalue weighted by Crippen LogP contribution is -2.45. The number of likely N-dealkylation sites (tertiary alicyclic amines) is 1. The second kappa shape index (κ2) is 12.2. The van der Waals surface area contributed by atoms with Crippen LogP contribution < -0.4 is 10.6 Å². The normalized spacial score (nSPS) is 18.2. The van der Waals surface area contributed by atoms with Crippen LogP contribution in [-0.4, -0.2) is 60.2 Å². The van der Waals surface area contributed by atoms with Crippen molar-refractivity contribution in [2.75, 3.05) is 26.2 Å². The SMILES string of the molecule is CCNC(=NCC(O)Cc1ccccc1)NC1CCN(C(=O)C(C)C)C1.I. The van der Waals surface area contributed by atoms with Gasteiger partial charge in [0, 0.05) is 38.0 Å². The second-order valence-electron chi connectivity index (χ2n) is 7.13. The molecule has 1 amide bonds. The van der Waals surface area contributed by atoms with Gasteiger partial charge in [-0.1, -0.05) is 44.2 Å². The minimum Gasteiger partial charge on any atom is -0.391 e. The first kappa shape index (κ1) is 23.7. The number of carbonyl (C=O) groups excluding carboxylic acids is 1. The molecule has 2 atom stereocenters. The van der Waals surface area contributed by atoms with Crippen LogP contribution in [0.2, 0.25) is 0 Å². The van der Waals surface area contributed by atoms with Crippen LogP contribution >= 0.6 is 24.0 Å². The smallest absolute Gasteiger partial charge is 0.225 e. The largest absolute Gasteiger partial charge is 0.391 e. The summed E-state index contributed by atoms with van der Waals surface area (Å²) >= 11 is 0. The number of carbonyl (C=O) groups is 1. The number of aliphatic imine (C=N–C) groups is 1. The van der Waals surface area contributed by atoms with Gasteiger partial charge in [0.2, 0.25) is 5.91 Å². The summed E-state index contributed by atoms with van der Waals surface area (Å²) in [6, 6.07) is 10.1. The molecule has 0 spiro atoms. The Labute approximate surface area is 179 Å². The van der Waals surface area contributed by atoms with Gasteiger partial charge in [-0.3, -0.25) is 9.79 Å². The fraction of sp³-hybridized carbons (Fsp3) is 0.600. The Morgan fingerprint density at radius 3 is 2.67 bits per heavy atom. The lowest BCUT2D eigenvalue weighted by atomic mass is 10.1. The van der Waals surface area contributed by atoms with Gasteiger partial charge in [-0.05, 0) is 18.9 Å². The topological polar surface area (TPSA) is 77.0 Å². The van der Waals surface area contributed by atoms with Crippen molar-refractivity contribution < 1.29 is 9.90 Å². The standard InChI is InChI=1S/C20H32N4O2.HI/c1-4-21-20(22-13-18(25)12-16-8-6-5-7-9-16)23-17-10-11-24(14-17)19(26)15(2)3;/h5-9,15,17-18,25H,4,10-14H2,1-3H3,(H2,21,22,23);1H. The number of nitrogens with one attached hydrogen (secondary N) is 2. The van der Waals surface area contributed by atoms with E-state index >= 15 is 0 Å². The maximum absolute atomic E-state index is 12.1. The summed E-state index contributed by atoms with van der Waals surface area (Å²) in [7, 11) is 0. The van der Waals surface area contributed by atoms with Gasteiger partial charge in [-0.15, -0.1) is 24.0 Å². The van der Waals surface area contributed by atoms with Crippen LogP contribution in [-0.2, 0) is 11.2 Å². The lowest BCUT2D eigenvalue weighted by molar-refractivity contribution is -0.133. The van der Waals surface area contributed by atoms with Crippen molar-refractivity contribution >= 4 is 35.8 Å². The van der Waals surface area contributed by atoms with E-state index < -0.39 is 6.10 Å². The lowest BCUT2D eigenvalue weighted by Gasteiger charge is -2.20. The van der Waals surface area contributed by atoms with Crippen molar-refractivity contribution in [3.8, 4) is 0 Å². The molecular formula is C20H33IN4O2. The van der Waals surface area contributed by atoms with Crippen molar-refractivity contribution in [2.45, 2.75) is 45.8 Å². The maximum Gasteiger partial charge on any atom is 0.225 e. The third-order valence-corrected chi connectivity index (χ3v) is 4.45. The van der Waals surface area contributed by atoms with E-state index in [4.69, 9.17) is 0 Å². The molecule has 0 aromatic heterocycles. The third kappa shape index (κ3) is 8.04. The van der Waals surface area contributed by atoms with Gasteiger partial charge < -0.3 is 20.6 Å². The highest BCUT2D eigenvalue weighted by Crippen LogP contribution is 2.12. The quantitative estimate of drug-likeness (QED) is 0.312.